The van der Waals surface area contributed by atoms with Gasteiger partial charge in [-0.1, -0.05) is 26.2 Å². The van der Waals surface area contributed by atoms with Crippen LogP contribution in [-0.4, -0.2) is 22.9 Å². The van der Waals surface area contributed by atoms with Gasteiger partial charge >= 0.3 is 0 Å². The number of nitrogens with one attached hydrogen (secondary N) is 1. The average Bonchev–Trinajstić information content (AvgIpc) is 2.75. The molecule has 0 amide bonds. The van der Waals surface area contributed by atoms with E-state index < -0.39 is 0 Å². The lowest BCUT2D eigenvalue weighted by molar-refractivity contribution is 0.324. The van der Waals surface area contributed by atoms with Crippen LogP contribution in [0.1, 0.15) is 74.9 Å². The highest BCUT2D eigenvalue weighted by atomic mass is 15.3. The minimum absolute atomic E-state index is 0.661. The zero-order valence-corrected chi connectivity index (χ0v) is 13.5. The molecule has 1 heterocycles. The summed E-state index contributed by atoms with van der Waals surface area (Å²) in [6.07, 6.45) is 10.4. The Kier molecular flexibility index (Phi) is 6.08. The van der Waals surface area contributed by atoms with Gasteiger partial charge in [-0.05, 0) is 64.6 Å². The van der Waals surface area contributed by atoms with Gasteiger partial charge in [0.2, 0.25) is 0 Å². The summed E-state index contributed by atoms with van der Waals surface area (Å²) < 4.78 is 2.34. The van der Waals surface area contributed by atoms with Crippen LogP contribution in [-0.2, 0) is 6.42 Å². The summed E-state index contributed by atoms with van der Waals surface area (Å²) in [4.78, 5) is 0. The number of rotatable bonds is 7. The maximum atomic E-state index is 4.85. The first kappa shape index (κ1) is 15.6. The molecule has 1 aromatic heterocycles. The normalized spacial score (nSPS) is 16.8. The lowest BCUT2D eigenvalue weighted by atomic mass is 9.95. The lowest BCUT2D eigenvalue weighted by Gasteiger charge is -2.23. The largest absolute Gasteiger partial charge is 0.317 e. The van der Waals surface area contributed by atoms with Gasteiger partial charge in [0, 0.05) is 5.69 Å². The van der Waals surface area contributed by atoms with E-state index in [4.69, 9.17) is 5.10 Å². The summed E-state index contributed by atoms with van der Waals surface area (Å²) in [5.41, 5.74) is 4.17. The van der Waals surface area contributed by atoms with Crippen molar-refractivity contribution in [3.05, 3.63) is 17.0 Å². The topological polar surface area (TPSA) is 29.9 Å². The molecule has 1 N–H and O–H groups in total. The standard InChI is InChI=1S/C17H31N3/c1-4-12-18-13-8-11-17-14(2)19-20(15(17)3)16-9-6-5-7-10-16/h16,18H,4-13H2,1-3H3. The lowest BCUT2D eigenvalue weighted by Crippen LogP contribution is -2.17. The highest BCUT2D eigenvalue weighted by Crippen LogP contribution is 2.30. The van der Waals surface area contributed by atoms with Gasteiger partial charge in [-0.25, -0.2) is 0 Å². The summed E-state index contributed by atoms with van der Waals surface area (Å²) >= 11 is 0. The van der Waals surface area contributed by atoms with Crippen LogP contribution in [0.3, 0.4) is 0 Å². The Morgan fingerprint density at radius 2 is 1.90 bits per heavy atom. The molecule has 0 unspecified atom stereocenters. The van der Waals surface area contributed by atoms with Gasteiger partial charge in [0.1, 0.15) is 0 Å². The highest BCUT2D eigenvalue weighted by molar-refractivity contribution is 5.25. The van der Waals surface area contributed by atoms with E-state index in [0.29, 0.717) is 6.04 Å². The second-order valence-electron chi connectivity index (χ2n) is 6.24. The molecular formula is C17H31N3. The monoisotopic (exact) mass is 277 g/mol. The molecule has 1 aliphatic carbocycles. The zero-order valence-electron chi connectivity index (χ0n) is 13.5. The molecule has 0 saturated heterocycles. The molecule has 2 rings (SSSR count). The molecule has 0 aliphatic heterocycles. The Balaban J connectivity index is 1.93. The van der Waals surface area contributed by atoms with Gasteiger partial charge < -0.3 is 5.32 Å². The smallest absolute Gasteiger partial charge is 0.0628 e. The summed E-state index contributed by atoms with van der Waals surface area (Å²) in [5.74, 6) is 0. The van der Waals surface area contributed by atoms with Crippen molar-refractivity contribution in [1.82, 2.24) is 15.1 Å². The van der Waals surface area contributed by atoms with Gasteiger partial charge in [-0.2, -0.15) is 5.10 Å². The molecule has 0 aromatic carbocycles. The fourth-order valence-electron chi connectivity index (χ4n) is 3.43. The molecule has 114 valence electrons. The molecule has 0 atom stereocenters. The zero-order chi connectivity index (χ0) is 14.4. The minimum Gasteiger partial charge on any atom is -0.317 e. The first-order valence-corrected chi connectivity index (χ1v) is 8.49. The fourth-order valence-corrected chi connectivity index (χ4v) is 3.43. The summed E-state index contributed by atoms with van der Waals surface area (Å²) in [5, 5.41) is 8.33. The van der Waals surface area contributed by atoms with Crippen LogP contribution in [0.5, 0.6) is 0 Å². The summed E-state index contributed by atoms with van der Waals surface area (Å²) in [6.45, 7) is 8.93. The number of nitrogens with zero attached hydrogens (tertiary/aromatic N) is 2. The van der Waals surface area contributed by atoms with Crippen LogP contribution < -0.4 is 5.32 Å². The van der Waals surface area contributed by atoms with E-state index in [1.165, 1.54) is 68.3 Å². The Morgan fingerprint density at radius 3 is 2.60 bits per heavy atom. The number of hydrogen-bond donors (Lipinski definition) is 1. The van der Waals surface area contributed by atoms with Crippen LogP contribution in [0, 0.1) is 13.8 Å². The Labute approximate surface area is 124 Å². The van der Waals surface area contributed by atoms with Crippen molar-refractivity contribution in [1.29, 1.82) is 0 Å². The SMILES string of the molecule is CCCNCCCc1c(C)nn(C2CCCCC2)c1C. The molecule has 1 fully saturated rings. The molecular weight excluding hydrogens is 246 g/mol. The van der Waals surface area contributed by atoms with Crippen LogP contribution in [0.2, 0.25) is 0 Å². The molecule has 20 heavy (non-hydrogen) atoms. The number of aryl methyl sites for hydroxylation is 1. The first-order chi connectivity index (χ1) is 9.74. The van der Waals surface area contributed by atoms with Gasteiger partial charge in [-0.15, -0.1) is 0 Å². The predicted molar refractivity (Wildman–Crippen MR) is 85.3 cm³/mol. The van der Waals surface area contributed by atoms with Crippen molar-refractivity contribution in [2.75, 3.05) is 13.1 Å². The van der Waals surface area contributed by atoms with Crippen LogP contribution in [0.4, 0.5) is 0 Å². The van der Waals surface area contributed by atoms with E-state index >= 15 is 0 Å². The summed E-state index contributed by atoms with van der Waals surface area (Å²) in [6, 6.07) is 0.661. The third-order valence-corrected chi connectivity index (χ3v) is 4.60. The molecule has 3 nitrogen and oxygen atoms in total. The van der Waals surface area contributed by atoms with Crippen LogP contribution in [0.15, 0.2) is 0 Å². The number of hydrogen-bond acceptors (Lipinski definition) is 2. The molecule has 0 spiro atoms. The average molecular weight is 277 g/mol. The minimum atomic E-state index is 0.661. The van der Waals surface area contributed by atoms with Crippen molar-refractivity contribution in [2.45, 2.75) is 78.2 Å². The molecule has 0 radical (unpaired) electrons. The second-order valence-corrected chi connectivity index (χ2v) is 6.24. The molecule has 3 heteroatoms. The quantitative estimate of drug-likeness (QED) is 0.765. The Bertz CT molecular complexity index is 403. The van der Waals surface area contributed by atoms with Crippen molar-refractivity contribution >= 4 is 0 Å². The number of aromatic nitrogens is 2. The van der Waals surface area contributed by atoms with E-state index in [1.54, 1.807) is 0 Å². The van der Waals surface area contributed by atoms with E-state index in [9.17, 15) is 0 Å². The first-order valence-electron chi connectivity index (χ1n) is 8.49. The Morgan fingerprint density at radius 1 is 1.15 bits per heavy atom. The van der Waals surface area contributed by atoms with Gasteiger partial charge in [-0.3, -0.25) is 4.68 Å². The highest BCUT2D eigenvalue weighted by Gasteiger charge is 2.20. The van der Waals surface area contributed by atoms with Crippen LogP contribution in [0.25, 0.3) is 0 Å². The Hall–Kier alpha value is -0.830. The third-order valence-electron chi connectivity index (χ3n) is 4.60. The van der Waals surface area contributed by atoms with E-state index in [1.807, 2.05) is 0 Å². The summed E-state index contributed by atoms with van der Waals surface area (Å²) in [7, 11) is 0. The maximum Gasteiger partial charge on any atom is 0.0628 e. The van der Waals surface area contributed by atoms with E-state index in [0.717, 1.165) is 13.1 Å². The maximum absolute atomic E-state index is 4.85. The van der Waals surface area contributed by atoms with Crippen molar-refractivity contribution in [2.24, 2.45) is 0 Å². The predicted octanol–water partition coefficient (Wildman–Crippen LogP) is 3.94. The third kappa shape index (κ3) is 3.85. The van der Waals surface area contributed by atoms with Crippen molar-refractivity contribution in [3.8, 4) is 0 Å². The molecule has 1 saturated carbocycles. The van der Waals surface area contributed by atoms with E-state index in [-0.39, 0.29) is 0 Å². The molecule has 1 aromatic rings. The molecule has 0 bridgehead atoms. The second kappa shape index (κ2) is 7.82. The fraction of sp³-hybridized carbons (Fsp3) is 0.824. The van der Waals surface area contributed by atoms with Crippen LogP contribution >= 0.6 is 0 Å². The van der Waals surface area contributed by atoms with Gasteiger partial charge in [0.25, 0.3) is 0 Å². The van der Waals surface area contributed by atoms with Crippen molar-refractivity contribution < 1.29 is 0 Å². The van der Waals surface area contributed by atoms with Crippen molar-refractivity contribution in [3.63, 3.8) is 0 Å². The molecule has 1 aliphatic rings. The van der Waals surface area contributed by atoms with E-state index in [2.05, 4.69) is 30.8 Å². The van der Waals surface area contributed by atoms with Gasteiger partial charge in [0.05, 0.1) is 11.7 Å². The van der Waals surface area contributed by atoms with Gasteiger partial charge in [0.15, 0.2) is 0 Å².